The number of aromatic nitrogens is 4. The highest BCUT2D eigenvalue weighted by molar-refractivity contribution is 5.91. The average molecular weight is 356 g/mol. The smallest absolute Gasteiger partial charge is 0.284 e. The highest BCUT2D eigenvalue weighted by Gasteiger charge is 2.15. The van der Waals surface area contributed by atoms with E-state index < -0.39 is 5.91 Å². The molecule has 3 rings (SSSR count). The Bertz CT molecular complexity index is 965. The van der Waals surface area contributed by atoms with Crippen molar-refractivity contribution in [2.45, 2.75) is 26.8 Å². The second-order valence-corrected chi connectivity index (χ2v) is 5.90. The van der Waals surface area contributed by atoms with Crippen LogP contribution in [0.3, 0.4) is 0 Å². The molecule has 0 saturated heterocycles. The summed E-state index contributed by atoms with van der Waals surface area (Å²) in [5.41, 5.74) is 7.73. The van der Waals surface area contributed by atoms with Gasteiger partial charge in [0.05, 0.1) is 17.5 Å². The van der Waals surface area contributed by atoms with Gasteiger partial charge in [-0.25, -0.2) is 0 Å². The number of primary amides is 1. The molecule has 3 N–H and O–H groups in total. The summed E-state index contributed by atoms with van der Waals surface area (Å²) in [6.07, 6.45) is 4.02. The number of nitrogens with zero attached hydrogens (tertiary/aromatic N) is 4. The van der Waals surface area contributed by atoms with Gasteiger partial charge in [-0.1, -0.05) is 6.92 Å². The van der Waals surface area contributed by atoms with E-state index in [1.54, 1.807) is 30.2 Å². The van der Waals surface area contributed by atoms with Crippen LogP contribution in [0.5, 0.6) is 0 Å². The highest BCUT2D eigenvalue weighted by atomic mass is 16.3. The van der Waals surface area contributed by atoms with Crippen LogP contribution >= 0.6 is 0 Å². The topological polar surface area (TPSA) is 121 Å². The molecule has 0 aliphatic heterocycles. The second-order valence-electron chi connectivity index (χ2n) is 5.90. The Morgan fingerprint density at radius 1 is 1.35 bits per heavy atom. The SMILES string of the molecule is CCc1nn(C)c(NC(=O)Cn2cc(-c3ccc(C(N)=O)o3)cn2)c1C. The van der Waals surface area contributed by atoms with E-state index in [4.69, 9.17) is 10.2 Å². The van der Waals surface area contributed by atoms with Crippen LogP contribution in [0.15, 0.2) is 28.9 Å². The number of anilines is 1. The lowest BCUT2D eigenvalue weighted by Gasteiger charge is -2.06. The first-order valence-electron chi connectivity index (χ1n) is 8.13. The highest BCUT2D eigenvalue weighted by Crippen LogP contribution is 2.22. The summed E-state index contributed by atoms with van der Waals surface area (Å²) in [6.45, 7) is 3.99. The minimum atomic E-state index is -0.638. The molecule has 9 nitrogen and oxygen atoms in total. The lowest BCUT2D eigenvalue weighted by molar-refractivity contribution is -0.117. The Labute approximate surface area is 149 Å². The first-order chi connectivity index (χ1) is 12.4. The average Bonchev–Trinajstić information content (AvgIpc) is 3.30. The van der Waals surface area contributed by atoms with Crippen molar-refractivity contribution in [1.82, 2.24) is 19.6 Å². The van der Waals surface area contributed by atoms with E-state index in [-0.39, 0.29) is 18.2 Å². The second kappa shape index (κ2) is 6.87. The van der Waals surface area contributed by atoms with Crippen molar-refractivity contribution in [2.75, 3.05) is 5.32 Å². The quantitative estimate of drug-likeness (QED) is 0.693. The fourth-order valence-corrected chi connectivity index (χ4v) is 2.72. The van der Waals surface area contributed by atoms with E-state index in [0.29, 0.717) is 17.1 Å². The van der Waals surface area contributed by atoms with Crippen molar-refractivity contribution in [3.05, 3.63) is 41.5 Å². The maximum Gasteiger partial charge on any atom is 0.284 e. The standard InChI is InChI=1S/C17H20N6O3/c1-4-12-10(2)17(22(3)21-12)20-15(24)9-23-8-11(7-19-23)13-5-6-14(26-13)16(18)25/h5-8H,4,9H2,1-3H3,(H2,18,25)(H,20,24). The molecule has 0 aliphatic rings. The number of nitrogens with one attached hydrogen (secondary N) is 1. The number of furan rings is 1. The van der Waals surface area contributed by atoms with Gasteiger partial charge in [-0.05, 0) is 25.5 Å². The molecule has 0 spiro atoms. The summed E-state index contributed by atoms with van der Waals surface area (Å²) in [7, 11) is 1.79. The summed E-state index contributed by atoms with van der Waals surface area (Å²) < 4.78 is 8.50. The molecule has 0 aliphatic carbocycles. The zero-order valence-electron chi connectivity index (χ0n) is 14.8. The molecule has 26 heavy (non-hydrogen) atoms. The third-order valence-electron chi connectivity index (χ3n) is 4.05. The Balaban J connectivity index is 1.70. The maximum absolute atomic E-state index is 12.3. The molecular formula is C17H20N6O3. The van der Waals surface area contributed by atoms with E-state index in [0.717, 1.165) is 17.7 Å². The molecule has 0 fully saturated rings. The summed E-state index contributed by atoms with van der Waals surface area (Å²) in [4.78, 5) is 23.4. The van der Waals surface area contributed by atoms with Gasteiger partial charge in [0.25, 0.3) is 5.91 Å². The maximum atomic E-state index is 12.3. The Morgan fingerprint density at radius 3 is 2.73 bits per heavy atom. The van der Waals surface area contributed by atoms with Crippen molar-refractivity contribution < 1.29 is 14.0 Å². The van der Waals surface area contributed by atoms with Crippen LogP contribution in [0.25, 0.3) is 11.3 Å². The normalized spacial score (nSPS) is 10.9. The number of hydrogen-bond donors (Lipinski definition) is 2. The van der Waals surface area contributed by atoms with Gasteiger partial charge >= 0.3 is 0 Å². The molecule has 0 saturated carbocycles. The van der Waals surface area contributed by atoms with Crippen molar-refractivity contribution >= 4 is 17.6 Å². The molecule has 3 aromatic heterocycles. The molecule has 3 aromatic rings. The third-order valence-corrected chi connectivity index (χ3v) is 4.05. The molecule has 9 heteroatoms. The summed E-state index contributed by atoms with van der Waals surface area (Å²) in [5, 5.41) is 11.4. The van der Waals surface area contributed by atoms with Crippen LogP contribution in [-0.2, 0) is 24.8 Å². The van der Waals surface area contributed by atoms with Gasteiger partial charge in [-0.3, -0.25) is 19.0 Å². The van der Waals surface area contributed by atoms with Gasteiger partial charge in [-0.2, -0.15) is 10.2 Å². The molecule has 0 aromatic carbocycles. The first-order valence-corrected chi connectivity index (χ1v) is 8.13. The predicted octanol–water partition coefficient (Wildman–Crippen LogP) is 1.49. The molecular weight excluding hydrogens is 336 g/mol. The van der Waals surface area contributed by atoms with Gasteiger partial charge in [0, 0.05) is 18.8 Å². The van der Waals surface area contributed by atoms with Gasteiger partial charge in [0.15, 0.2) is 5.76 Å². The van der Waals surface area contributed by atoms with E-state index in [2.05, 4.69) is 15.5 Å². The molecule has 2 amide bonds. The Kier molecular flexibility index (Phi) is 4.61. The van der Waals surface area contributed by atoms with Crippen LogP contribution in [0.1, 0.15) is 28.7 Å². The summed E-state index contributed by atoms with van der Waals surface area (Å²) in [6, 6.07) is 3.13. The molecule has 136 valence electrons. The minimum Gasteiger partial charge on any atom is -0.451 e. The van der Waals surface area contributed by atoms with Crippen LogP contribution in [-0.4, -0.2) is 31.4 Å². The number of rotatable bonds is 6. The molecule has 3 heterocycles. The number of carbonyl (C=O) groups is 2. The minimum absolute atomic E-state index is 0.0372. The number of amides is 2. The van der Waals surface area contributed by atoms with E-state index in [9.17, 15) is 9.59 Å². The fraction of sp³-hybridized carbons (Fsp3) is 0.294. The molecule has 0 bridgehead atoms. The lowest BCUT2D eigenvalue weighted by Crippen LogP contribution is -2.21. The summed E-state index contributed by atoms with van der Waals surface area (Å²) in [5.74, 6) is 0.354. The van der Waals surface area contributed by atoms with Gasteiger partial charge in [-0.15, -0.1) is 0 Å². The van der Waals surface area contributed by atoms with Crippen molar-refractivity contribution in [1.29, 1.82) is 0 Å². The van der Waals surface area contributed by atoms with Crippen LogP contribution in [0, 0.1) is 6.92 Å². The third kappa shape index (κ3) is 3.37. The van der Waals surface area contributed by atoms with Crippen LogP contribution in [0.4, 0.5) is 5.82 Å². The van der Waals surface area contributed by atoms with Crippen LogP contribution < -0.4 is 11.1 Å². The largest absolute Gasteiger partial charge is 0.451 e. The fourth-order valence-electron chi connectivity index (χ4n) is 2.72. The Hall–Kier alpha value is -3.36. The zero-order chi connectivity index (χ0) is 18.8. The molecule has 0 atom stereocenters. The van der Waals surface area contributed by atoms with Crippen molar-refractivity contribution in [3.8, 4) is 11.3 Å². The lowest BCUT2D eigenvalue weighted by atomic mass is 10.2. The van der Waals surface area contributed by atoms with Crippen LogP contribution in [0.2, 0.25) is 0 Å². The molecule has 0 radical (unpaired) electrons. The van der Waals surface area contributed by atoms with E-state index in [1.165, 1.54) is 10.7 Å². The number of aryl methyl sites for hydroxylation is 2. The zero-order valence-corrected chi connectivity index (χ0v) is 14.8. The molecule has 0 unspecified atom stereocenters. The first kappa shape index (κ1) is 17.5. The van der Waals surface area contributed by atoms with Gasteiger partial charge in [0.2, 0.25) is 5.91 Å². The monoisotopic (exact) mass is 356 g/mol. The summed E-state index contributed by atoms with van der Waals surface area (Å²) >= 11 is 0. The van der Waals surface area contributed by atoms with Gasteiger partial charge in [0.1, 0.15) is 18.1 Å². The Morgan fingerprint density at radius 2 is 2.12 bits per heavy atom. The van der Waals surface area contributed by atoms with Crippen molar-refractivity contribution in [2.24, 2.45) is 12.8 Å². The predicted molar refractivity (Wildman–Crippen MR) is 94.4 cm³/mol. The van der Waals surface area contributed by atoms with Crippen molar-refractivity contribution in [3.63, 3.8) is 0 Å². The van der Waals surface area contributed by atoms with Gasteiger partial charge < -0.3 is 15.5 Å². The number of nitrogens with two attached hydrogens (primary N) is 1. The van der Waals surface area contributed by atoms with E-state index >= 15 is 0 Å². The number of hydrogen-bond acceptors (Lipinski definition) is 5. The van der Waals surface area contributed by atoms with E-state index in [1.807, 2.05) is 13.8 Å². The number of carbonyl (C=O) groups excluding carboxylic acids is 2.